The second-order valence-corrected chi connectivity index (χ2v) is 5.58. The molecule has 1 aromatic carbocycles. The van der Waals surface area contributed by atoms with Crippen molar-refractivity contribution in [2.75, 3.05) is 11.9 Å². The van der Waals surface area contributed by atoms with Crippen LogP contribution in [-0.4, -0.2) is 22.7 Å². The van der Waals surface area contributed by atoms with Crippen molar-refractivity contribution in [1.29, 1.82) is 0 Å². The van der Waals surface area contributed by atoms with E-state index in [2.05, 4.69) is 5.32 Å². The molecule has 0 heterocycles. The van der Waals surface area contributed by atoms with E-state index in [0.717, 1.165) is 31.7 Å². The predicted octanol–water partition coefficient (Wildman–Crippen LogP) is 3.48. The molecule has 0 amide bonds. The van der Waals surface area contributed by atoms with E-state index in [1.54, 1.807) is 0 Å². The minimum Gasteiger partial charge on any atom is -0.396 e. The topological polar surface area (TPSA) is 75.4 Å². The van der Waals surface area contributed by atoms with Gasteiger partial charge in [-0.1, -0.05) is 19.3 Å². The summed E-state index contributed by atoms with van der Waals surface area (Å²) >= 11 is 0. The number of nitrogens with one attached hydrogen (secondary N) is 1. The number of halogens is 1. The molecule has 21 heavy (non-hydrogen) atoms. The van der Waals surface area contributed by atoms with Crippen LogP contribution in [0.25, 0.3) is 0 Å². The molecule has 0 bridgehead atoms. The van der Waals surface area contributed by atoms with Crippen LogP contribution in [0.1, 0.15) is 38.5 Å². The van der Waals surface area contributed by atoms with Gasteiger partial charge in [0.1, 0.15) is 0 Å². The van der Waals surface area contributed by atoms with Gasteiger partial charge in [-0.05, 0) is 31.2 Å². The molecule has 0 saturated heterocycles. The van der Waals surface area contributed by atoms with Crippen LogP contribution in [0.3, 0.4) is 0 Å². The molecule has 2 rings (SSSR count). The van der Waals surface area contributed by atoms with Crippen LogP contribution in [0.2, 0.25) is 0 Å². The highest BCUT2D eigenvalue weighted by Crippen LogP contribution is 2.30. The minimum absolute atomic E-state index is 0.00579. The smallest absolute Gasteiger partial charge is 0.272 e. The number of nitro benzene ring substituents is 1. The molecule has 1 unspecified atom stereocenters. The van der Waals surface area contributed by atoms with Gasteiger partial charge in [-0.15, -0.1) is 0 Å². The van der Waals surface area contributed by atoms with Gasteiger partial charge >= 0.3 is 0 Å². The molecule has 1 saturated carbocycles. The first-order valence-electron chi connectivity index (χ1n) is 7.43. The monoisotopic (exact) mass is 296 g/mol. The van der Waals surface area contributed by atoms with Crippen molar-refractivity contribution in [3.8, 4) is 0 Å². The van der Waals surface area contributed by atoms with Crippen LogP contribution < -0.4 is 5.32 Å². The summed E-state index contributed by atoms with van der Waals surface area (Å²) in [6, 6.07) is 3.63. The molecule has 1 aliphatic carbocycles. The highest BCUT2D eigenvalue weighted by molar-refractivity contribution is 5.50. The number of rotatable bonds is 6. The quantitative estimate of drug-likeness (QED) is 0.622. The van der Waals surface area contributed by atoms with E-state index in [4.69, 9.17) is 0 Å². The van der Waals surface area contributed by atoms with Crippen LogP contribution in [-0.2, 0) is 0 Å². The number of hydrogen-bond acceptors (Lipinski definition) is 4. The van der Waals surface area contributed by atoms with E-state index in [9.17, 15) is 19.6 Å². The van der Waals surface area contributed by atoms with Crippen LogP contribution in [0.15, 0.2) is 18.2 Å². The van der Waals surface area contributed by atoms with Crippen LogP contribution in [0.5, 0.6) is 0 Å². The largest absolute Gasteiger partial charge is 0.396 e. The molecule has 1 aromatic rings. The third-order valence-electron chi connectivity index (χ3n) is 4.16. The zero-order valence-electron chi connectivity index (χ0n) is 11.9. The van der Waals surface area contributed by atoms with E-state index in [0.29, 0.717) is 12.3 Å². The predicted molar refractivity (Wildman–Crippen MR) is 78.7 cm³/mol. The Bertz CT molecular complexity index is 490. The molecule has 6 heteroatoms. The number of anilines is 1. The van der Waals surface area contributed by atoms with Crippen molar-refractivity contribution in [2.45, 2.75) is 44.6 Å². The lowest BCUT2D eigenvalue weighted by Crippen LogP contribution is -2.32. The third kappa shape index (κ3) is 4.14. The second kappa shape index (κ2) is 7.36. The van der Waals surface area contributed by atoms with Crippen molar-refractivity contribution in [2.24, 2.45) is 5.92 Å². The normalized spacial score (nSPS) is 17.4. The summed E-state index contributed by atoms with van der Waals surface area (Å²) in [4.78, 5) is 10.0. The standard InChI is InChI=1S/C15H21FN2O3/c16-13-10-12(18(20)21)6-7-15(13)17-14(8-9-19)11-4-2-1-3-5-11/h6-7,10-11,14,17,19H,1-5,8-9H2. The Hall–Kier alpha value is -1.69. The van der Waals surface area contributed by atoms with Crippen molar-refractivity contribution in [1.82, 2.24) is 0 Å². The molecule has 1 fully saturated rings. The molecular formula is C15H21FN2O3. The highest BCUT2D eigenvalue weighted by atomic mass is 19.1. The Kier molecular flexibility index (Phi) is 5.50. The van der Waals surface area contributed by atoms with Crippen LogP contribution in [0, 0.1) is 21.8 Å². The summed E-state index contributed by atoms with van der Waals surface area (Å²) in [5.41, 5.74) is 0.0130. The van der Waals surface area contributed by atoms with Gasteiger partial charge in [0.05, 0.1) is 16.7 Å². The van der Waals surface area contributed by atoms with Gasteiger partial charge in [0.15, 0.2) is 5.82 Å². The van der Waals surface area contributed by atoms with Crippen LogP contribution >= 0.6 is 0 Å². The number of aliphatic hydroxyl groups excluding tert-OH is 1. The first-order chi connectivity index (χ1) is 10.1. The van der Waals surface area contributed by atoms with Crippen molar-refractivity contribution < 1.29 is 14.4 Å². The van der Waals surface area contributed by atoms with Gasteiger partial charge < -0.3 is 10.4 Å². The maximum atomic E-state index is 13.9. The Labute approximate surface area is 123 Å². The first kappa shape index (κ1) is 15.7. The molecule has 2 N–H and O–H groups in total. The molecule has 116 valence electrons. The first-order valence-corrected chi connectivity index (χ1v) is 7.43. The van der Waals surface area contributed by atoms with Crippen LogP contribution in [0.4, 0.5) is 15.8 Å². The fraction of sp³-hybridized carbons (Fsp3) is 0.600. The van der Waals surface area contributed by atoms with Gasteiger partial charge in [0.2, 0.25) is 0 Å². The van der Waals surface area contributed by atoms with E-state index in [1.807, 2.05) is 0 Å². The molecule has 5 nitrogen and oxygen atoms in total. The summed E-state index contributed by atoms with van der Waals surface area (Å²) in [5.74, 6) is -0.205. The number of nitrogens with zero attached hydrogens (tertiary/aromatic N) is 1. The Morgan fingerprint density at radius 3 is 2.67 bits per heavy atom. The zero-order chi connectivity index (χ0) is 15.2. The van der Waals surface area contributed by atoms with Gasteiger partial charge in [0.25, 0.3) is 5.69 Å². The number of aliphatic hydroxyl groups is 1. The van der Waals surface area contributed by atoms with Crippen molar-refractivity contribution >= 4 is 11.4 Å². The maximum Gasteiger partial charge on any atom is 0.272 e. The lowest BCUT2D eigenvalue weighted by molar-refractivity contribution is -0.385. The summed E-state index contributed by atoms with van der Waals surface area (Å²) in [5, 5.41) is 23.0. The maximum absolute atomic E-state index is 13.9. The van der Waals surface area contributed by atoms with Gasteiger partial charge in [-0.3, -0.25) is 10.1 Å². The third-order valence-corrected chi connectivity index (χ3v) is 4.16. The van der Waals surface area contributed by atoms with Crippen molar-refractivity contribution in [3.05, 3.63) is 34.1 Å². The Balaban J connectivity index is 2.10. The second-order valence-electron chi connectivity index (χ2n) is 5.58. The molecule has 0 radical (unpaired) electrons. The Morgan fingerprint density at radius 2 is 2.10 bits per heavy atom. The van der Waals surface area contributed by atoms with Gasteiger partial charge in [-0.2, -0.15) is 0 Å². The summed E-state index contributed by atoms with van der Waals surface area (Å²) < 4.78 is 13.9. The molecule has 0 aliphatic heterocycles. The molecule has 0 spiro atoms. The lowest BCUT2D eigenvalue weighted by atomic mass is 9.82. The average Bonchev–Trinajstić information content (AvgIpc) is 2.49. The van der Waals surface area contributed by atoms with E-state index in [1.165, 1.54) is 18.6 Å². The number of non-ortho nitro benzene ring substituents is 1. The fourth-order valence-corrected chi connectivity index (χ4v) is 3.04. The molecular weight excluding hydrogens is 275 g/mol. The fourth-order valence-electron chi connectivity index (χ4n) is 3.04. The summed E-state index contributed by atoms with van der Waals surface area (Å²) in [7, 11) is 0. The van der Waals surface area contributed by atoms with Crippen molar-refractivity contribution in [3.63, 3.8) is 0 Å². The number of hydrogen-bond donors (Lipinski definition) is 2. The molecule has 1 aliphatic rings. The summed E-state index contributed by atoms with van der Waals surface area (Å²) in [6.45, 7) is 0.0444. The molecule has 1 atom stereocenters. The van der Waals surface area contributed by atoms with E-state index < -0.39 is 10.7 Å². The number of nitro groups is 1. The number of benzene rings is 1. The minimum atomic E-state index is -0.622. The SMILES string of the molecule is O=[N+]([O-])c1ccc(NC(CCO)C2CCCCC2)c(F)c1. The summed E-state index contributed by atoms with van der Waals surface area (Å²) in [6.07, 6.45) is 6.27. The molecule has 0 aromatic heterocycles. The lowest BCUT2D eigenvalue weighted by Gasteiger charge is -2.31. The zero-order valence-corrected chi connectivity index (χ0v) is 11.9. The van der Waals surface area contributed by atoms with E-state index in [-0.39, 0.29) is 24.0 Å². The highest BCUT2D eigenvalue weighted by Gasteiger charge is 2.24. The Morgan fingerprint density at radius 1 is 1.38 bits per heavy atom. The van der Waals surface area contributed by atoms with Gasteiger partial charge in [-0.25, -0.2) is 4.39 Å². The van der Waals surface area contributed by atoms with Gasteiger partial charge in [0, 0.05) is 18.7 Å². The van der Waals surface area contributed by atoms with E-state index >= 15 is 0 Å². The average molecular weight is 296 g/mol.